The van der Waals surface area contributed by atoms with Crippen molar-refractivity contribution in [1.82, 2.24) is 25.1 Å². The number of rotatable bonds is 5. The number of guanidine groups is 1. The van der Waals surface area contributed by atoms with Gasteiger partial charge in [-0.25, -0.2) is 4.98 Å². The lowest BCUT2D eigenvalue weighted by Gasteiger charge is -2.37. The van der Waals surface area contributed by atoms with Crippen molar-refractivity contribution >= 4 is 22.9 Å². The van der Waals surface area contributed by atoms with Crippen LogP contribution in [0.25, 0.3) is 11.0 Å². The highest BCUT2D eigenvalue weighted by atomic mass is 16.5. The fraction of sp³-hybridized carbons (Fsp3) is 0.571. The first-order valence-corrected chi connectivity index (χ1v) is 10.6. The molecule has 2 saturated heterocycles. The van der Waals surface area contributed by atoms with Crippen molar-refractivity contribution in [2.45, 2.75) is 32.3 Å². The van der Waals surface area contributed by atoms with Crippen molar-refractivity contribution < 1.29 is 9.53 Å². The molecule has 2 aromatic rings. The molecule has 2 fully saturated rings. The van der Waals surface area contributed by atoms with E-state index >= 15 is 0 Å². The predicted molar refractivity (Wildman–Crippen MR) is 113 cm³/mol. The lowest BCUT2D eigenvalue weighted by atomic mass is 10.1. The Labute approximate surface area is 171 Å². The van der Waals surface area contributed by atoms with Gasteiger partial charge in [-0.1, -0.05) is 0 Å². The molecule has 0 radical (unpaired) electrons. The second kappa shape index (κ2) is 9.26. The summed E-state index contributed by atoms with van der Waals surface area (Å²) in [7, 11) is 0. The molecule has 1 amide bonds. The number of aromatic nitrogens is 2. The van der Waals surface area contributed by atoms with Gasteiger partial charge < -0.3 is 24.8 Å². The fourth-order valence-corrected chi connectivity index (χ4v) is 4.04. The third-order valence-corrected chi connectivity index (χ3v) is 5.61. The minimum absolute atomic E-state index is 0.150. The maximum absolute atomic E-state index is 12.5. The zero-order valence-electron chi connectivity index (χ0n) is 17.1. The summed E-state index contributed by atoms with van der Waals surface area (Å²) in [4.78, 5) is 29.1. The van der Waals surface area contributed by atoms with Gasteiger partial charge in [-0.2, -0.15) is 0 Å². The van der Waals surface area contributed by atoms with E-state index in [-0.39, 0.29) is 12.0 Å². The van der Waals surface area contributed by atoms with Crippen LogP contribution in [0.1, 0.15) is 25.3 Å². The Hall–Kier alpha value is -2.61. The van der Waals surface area contributed by atoms with E-state index in [0.29, 0.717) is 13.2 Å². The first-order chi connectivity index (χ1) is 14.3. The zero-order valence-corrected chi connectivity index (χ0v) is 17.1. The molecule has 2 aliphatic heterocycles. The number of ether oxygens (including phenoxy) is 1. The van der Waals surface area contributed by atoms with Crippen LogP contribution in [0.3, 0.4) is 0 Å². The molecular weight excluding hydrogens is 368 g/mol. The van der Waals surface area contributed by atoms with Crippen LogP contribution in [0.5, 0.6) is 0 Å². The number of piperazine rings is 1. The number of amides is 1. The first kappa shape index (κ1) is 19.7. The van der Waals surface area contributed by atoms with E-state index in [0.717, 1.165) is 69.0 Å². The summed E-state index contributed by atoms with van der Waals surface area (Å²) in [6.45, 7) is 7.35. The third-order valence-electron chi connectivity index (χ3n) is 5.61. The van der Waals surface area contributed by atoms with Crippen molar-refractivity contribution in [3.63, 3.8) is 0 Å². The van der Waals surface area contributed by atoms with E-state index in [2.05, 4.69) is 33.2 Å². The smallest absolute Gasteiger partial charge is 0.251 e. The van der Waals surface area contributed by atoms with E-state index in [1.165, 1.54) is 5.56 Å². The molecule has 1 atom stereocenters. The van der Waals surface area contributed by atoms with Crippen molar-refractivity contribution in [3.05, 3.63) is 30.1 Å². The van der Waals surface area contributed by atoms with Crippen molar-refractivity contribution in [2.75, 3.05) is 45.9 Å². The number of fused-ring (bicyclic) bond motifs is 1. The molecule has 2 aromatic heterocycles. The van der Waals surface area contributed by atoms with Crippen molar-refractivity contribution in [2.24, 2.45) is 4.99 Å². The molecule has 4 heterocycles. The van der Waals surface area contributed by atoms with Gasteiger partial charge in [0.05, 0.1) is 0 Å². The van der Waals surface area contributed by atoms with Gasteiger partial charge in [-0.15, -0.1) is 0 Å². The summed E-state index contributed by atoms with van der Waals surface area (Å²) in [5, 5.41) is 4.56. The first-order valence-electron chi connectivity index (χ1n) is 10.6. The molecule has 0 aromatic carbocycles. The normalized spacial score (nSPS) is 20.4. The van der Waals surface area contributed by atoms with Crippen LogP contribution < -0.4 is 5.32 Å². The average molecular weight is 399 g/mol. The van der Waals surface area contributed by atoms with E-state index in [9.17, 15) is 4.79 Å². The Kier molecular flexibility index (Phi) is 6.29. The Bertz CT molecular complexity index is 850. The summed E-state index contributed by atoms with van der Waals surface area (Å²) in [6, 6.07) is 4.05. The molecule has 0 saturated carbocycles. The highest BCUT2D eigenvalue weighted by Crippen LogP contribution is 2.17. The molecule has 4 rings (SSSR count). The summed E-state index contributed by atoms with van der Waals surface area (Å²) >= 11 is 0. The zero-order chi connectivity index (χ0) is 20.1. The van der Waals surface area contributed by atoms with Crippen LogP contribution >= 0.6 is 0 Å². The Morgan fingerprint density at radius 1 is 1.34 bits per heavy atom. The van der Waals surface area contributed by atoms with Crippen LogP contribution in [0.4, 0.5) is 0 Å². The molecule has 8 heteroatoms. The summed E-state index contributed by atoms with van der Waals surface area (Å²) < 4.78 is 5.55. The van der Waals surface area contributed by atoms with Crippen LogP contribution in [0.15, 0.2) is 29.5 Å². The highest BCUT2D eigenvalue weighted by Gasteiger charge is 2.30. The molecule has 29 heavy (non-hydrogen) atoms. The van der Waals surface area contributed by atoms with Crippen LogP contribution in [-0.4, -0.2) is 83.6 Å². The maximum Gasteiger partial charge on any atom is 0.251 e. The van der Waals surface area contributed by atoms with Crippen LogP contribution in [0.2, 0.25) is 0 Å². The number of nitrogens with one attached hydrogen (secondary N) is 2. The van der Waals surface area contributed by atoms with Crippen molar-refractivity contribution in [1.29, 1.82) is 0 Å². The molecule has 0 bridgehead atoms. The number of carbonyl (C=O) groups is 1. The highest BCUT2D eigenvalue weighted by molar-refractivity contribution is 5.83. The Morgan fingerprint density at radius 2 is 2.17 bits per heavy atom. The van der Waals surface area contributed by atoms with E-state index in [4.69, 9.17) is 9.73 Å². The van der Waals surface area contributed by atoms with Gasteiger partial charge in [-0.3, -0.25) is 9.79 Å². The SMILES string of the molecule is CCNC(=NCCc1c[nH]c2ncccc12)N1CCN(C(=O)C2CCCO2)CC1. The summed E-state index contributed by atoms with van der Waals surface area (Å²) in [5.74, 6) is 1.08. The molecule has 2 aliphatic rings. The van der Waals surface area contributed by atoms with Crippen LogP contribution in [0, 0.1) is 0 Å². The van der Waals surface area contributed by atoms with Gasteiger partial charge >= 0.3 is 0 Å². The van der Waals surface area contributed by atoms with Gasteiger partial charge in [0.1, 0.15) is 11.8 Å². The monoisotopic (exact) mass is 398 g/mol. The number of aromatic amines is 1. The second-order valence-corrected chi connectivity index (χ2v) is 7.51. The van der Waals surface area contributed by atoms with Gasteiger partial charge in [0.15, 0.2) is 5.96 Å². The molecule has 1 unspecified atom stereocenters. The lowest BCUT2D eigenvalue weighted by molar-refractivity contribution is -0.142. The largest absolute Gasteiger partial charge is 0.368 e. The summed E-state index contributed by atoms with van der Waals surface area (Å²) in [5.41, 5.74) is 2.16. The molecule has 0 spiro atoms. The maximum atomic E-state index is 12.5. The molecular formula is C21H30N6O2. The second-order valence-electron chi connectivity index (χ2n) is 7.51. The topological polar surface area (TPSA) is 85.9 Å². The molecule has 8 nitrogen and oxygen atoms in total. The Balaban J connectivity index is 1.33. The fourth-order valence-electron chi connectivity index (χ4n) is 4.04. The predicted octanol–water partition coefficient (Wildman–Crippen LogP) is 1.39. The third kappa shape index (κ3) is 4.53. The molecule has 156 valence electrons. The number of aliphatic imine (C=N–C) groups is 1. The van der Waals surface area contributed by atoms with Gasteiger partial charge in [0, 0.05) is 63.7 Å². The number of carbonyl (C=O) groups excluding carboxylic acids is 1. The number of H-pyrrole nitrogens is 1. The van der Waals surface area contributed by atoms with Gasteiger partial charge in [0.25, 0.3) is 5.91 Å². The standard InChI is InChI=1S/C21H30N6O2/c1-2-22-21(24-9-7-16-15-25-19-17(16)5-3-8-23-19)27-12-10-26(11-13-27)20(28)18-6-4-14-29-18/h3,5,8,15,18H,2,4,6-7,9-14H2,1H3,(H,22,24)(H,23,25). The van der Waals surface area contributed by atoms with E-state index < -0.39 is 0 Å². The van der Waals surface area contributed by atoms with E-state index in [1.807, 2.05) is 17.2 Å². The van der Waals surface area contributed by atoms with Gasteiger partial charge in [0.2, 0.25) is 0 Å². The number of pyridine rings is 1. The van der Waals surface area contributed by atoms with Gasteiger partial charge in [-0.05, 0) is 43.9 Å². The molecule has 0 aliphatic carbocycles. The van der Waals surface area contributed by atoms with E-state index in [1.54, 1.807) is 6.20 Å². The van der Waals surface area contributed by atoms with Crippen molar-refractivity contribution in [3.8, 4) is 0 Å². The van der Waals surface area contributed by atoms with Crippen LogP contribution in [-0.2, 0) is 16.0 Å². The minimum atomic E-state index is -0.228. The minimum Gasteiger partial charge on any atom is -0.368 e. The number of nitrogens with zero attached hydrogens (tertiary/aromatic N) is 4. The lowest BCUT2D eigenvalue weighted by Crippen LogP contribution is -2.55. The quantitative estimate of drug-likeness (QED) is 0.587. The Morgan fingerprint density at radius 3 is 2.93 bits per heavy atom. The summed E-state index contributed by atoms with van der Waals surface area (Å²) in [6.07, 6.45) is 6.29. The average Bonchev–Trinajstić information content (AvgIpc) is 3.43. The molecule has 2 N–H and O–H groups in total. The number of hydrogen-bond donors (Lipinski definition) is 2. The number of hydrogen-bond acceptors (Lipinski definition) is 4.